The summed E-state index contributed by atoms with van der Waals surface area (Å²) in [7, 11) is -3.57. The Morgan fingerprint density at radius 1 is 1.08 bits per heavy atom. The molecule has 2 saturated heterocycles. The second-order valence-electron chi connectivity index (χ2n) is 15.2. The standard InChI is InChI=1S/C33H53IN5O8S/c1-8-15-34-25(23(40)27(42)35-16-9-2)37-26(41)22-21-20(32(21,6)7)19-39(22)28(43)24(31(3,4)5)36-30(44)38-33(13-11-10-12-14-33)29-47-17-18-48(29,45)46/h9,20-22,24-25,29H,2,8,10-19H2,1,3-7H3,(H,35,42)(H,37,41)(H2,36,38,44)/q-1/t20?,21?,22?,24-,25?,29-/m1/s1. The molecule has 2 aliphatic heterocycles. The number of hydrogen-bond acceptors (Lipinski definition) is 8. The van der Waals surface area contributed by atoms with Crippen LogP contribution in [0.15, 0.2) is 12.7 Å². The number of sulfone groups is 1. The van der Waals surface area contributed by atoms with Crippen LogP contribution in [-0.4, -0.2) is 99.8 Å². The molecule has 272 valence electrons. The molecule has 0 bridgehead atoms. The first-order valence-electron chi connectivity index (χ1n) is 16.9. The molecular weight excluding hydrogens is 753 g/mol. The zero-order valence-electron chi connectivity index (χ0n) is 29.0. The molecule has 0 aromatic carbocycles. The number of nitrogens with zero attached hydrogens (tertiary/aromatic N) is 1. The number of amides is 5. The van der Waals surface area contributed by atoms with E-state index in [2.05, 4.69) is 41.7 Å². The molecule has 6 atom stereocenters. The fraction of sp³-hybridized carbons (Fsp3) is 0.788. The summed E-state index contributed by atoms with van der Waals surface area (Å²) in [6.45, 7) is 15.6. The zero-order valence-corrected chi connectivity index (χ0v) is 32.0. The van der Waals surface area contributed by atoms with Crippen LogP contribution in [0, 0.1) is 22.7 Å². The molecule has 4 fully saturated rings. The molecule has 48 heavy (non-hydrogen) atoms. The number of fused-ring (bicyclic) bond motifs is 1. The molecule has 0 aromatic rings. The van der Waals surface area contributed by atoms with E-state index in [1.165, 1.54) is 11.0 Å². The Kier molecular flexibility index (Phi) is 12.0. The van der Waals surface area contributed by atoms with Crippen molar-refractivity contribution in [2.24, 2.45) is 22.7 Å². The number of likely N-dealkylation sites (tertiary alicyclic amines) is 1. The van der Waals surface area contributed by atoms with Gasteiger partial charge in [-0.15, -0.1) is 0 Å². The van der Waals surface area contributed by atoms with Crippen LogP contribution >= 0.6 is 0 Å². The number of halogens is 1. The third-order valence-corrected chi connectivity index (χ3v) is 15.7. The number of rotatable bonds is 13. The number of ether oxygens (including phenoxy) is 1. The van der Waals surface area contributed by atoms with Gasteiger partial charge in [0.05, 0.1) is 12.4 Å². The van der Waals surface area contributed by atoms with Gasteiger partial charge in [0.2, 0.25) is 0 Å². The molecule has 4 aliphatic rings. The van der Waals surface area contributed by atoms with Crippen molar-refractivity contribution in [3.05, 3.63) is 12.7 Å². The number of ketones is 1. The van der Waals surface area contributed by atoms with Crippen molar-refractivity contribution < 1.29 is 58.3 Å². The third-order valence-electron chi connectivity index (χ3n) is 10.3. The van der Waals surface area contributed by atoms with Gasteiger partial charge in [0.25, 0.3) is 0 Å². The van der Waals surface area contributed by atoms with Crippen molar-refractivity contribution in [3.8, 4) is 0 Å². The van der Waals surface area contributed by atoms with Gasteiger partial charge < -0.3 is 4.74 Å². The number of carbonyl (C=O) groups excluding carboxylic acids is 5. The van der Waals surface area contributed by atoms with Gasteiger partial charge in [-0.1, -0.05) is 19.3 Å². The van der Waals surface area contributed by atoms with Crippen LogP contribution in [0.3, 0.4) is 0 Å². The maximum absolute atomic E-state index is 14.4. The summed E-state index contributed by atoms with van der Waals surface area (Å²) >= 11 is -0.895. The summed E-state index contributed by atoms with van der Waals surface area (Å²) in [5, 5.41) is 11.2. The minimum absolute atomic E-state index is 0.0530. The molecular formula is C33H53IN5O8S-. The molecule has 5 amide bonds. The van der Waals surface area contributed by atoms with Gasteiger partial charge in [-0.25, -0.2) is 8.42 Å². The number of urea groups is 1. The maximum atomic E-state index is 14.4. The number of carbonyl (C=O) groups is 5. The van der Waals surface area contributed by atoms with E-state index in [-0.39, 0.29) is 36.2 Å². The van der Waals surface area contributed by atoms with Crippen LogP contribution in [0.4, 0.5) is 4.79 Å². The van der Waals surface area contributed by atoms with Crippen molar-refractivity contribution in [1.29, 1.82) is 0 Å². The first-order chi connectivity index (χ1) is 22.4. The van der Waals surface area contributed by atoms with Gasteiger partial charge in [0.1, 0.15) is 0 Å². The molecule has 2 saturated carbocycles. The Morgan fingerprint density at radius 3 is 2.31 bits per heavy atom. The summed E-state index contributed by atoms with van der Waals surface area (Å²) in [5.74, 6) is -2.60. The van der Waals surface area contributed by atoms with E-state index in [1.54, 1.807) is 0 Å². The monoisotopic (exact) mass is 806 g/mol. The van der Waals surface area contributed by atoms with Crippen LogP contribution in [0.2, 0.25) is 0 Å². The van der Waals surface area contributed by atoms with Gasteiger partial charge in [-0.05, 0) is 0 Å². The molecule has 2 heterocycles. The normalized spacial score (nSPS) is 28.0. The van der Waals surface area contributed by atoms with Crippen LogP contribution in [0.5, 0.6) is 0 Å². The second kappa shape index (κ2) is 14.9. The Morgan fingerprint density at radius 2 is 1.75 bits per heavy atom. The van der Waals surface area contributed by atoms with Crippen molar-refractivity contribution in [2.75, 3.05) is 29.9 Å². The summed E-state index contributed by atoms with van der Waals surface area (Å²) < 4.78 is 31.3. The summed E-state index contributed by atoms with van der Waals surface area (Å²) in [5.41, 5.74) is -3.24. The molecule has 0 spiro atoms. The van der Waals surface area contributed by atoms with Crippen LogP contribution in [0.25, 0.3) is 0 Å². The molecule has 0 radical (unpaired) electrons. The Hall–Kier alpha value is -2.27. The van der Waals surface area contributed by atoms with E-state index in [0.717, 1.165) is 30.1 Å². The molecule has 0 aromatic heterocycles. The molecule has 15 heteroatoms. The number of piperidine rings is 1. The number of nitrogens with one attached hydrogen (secondary N) is 4. The fourth-order valence-electron chi connectivity index (χ4n) is 7.58. The van der Waals surface area contributed by atoms with E-state index < -0.39 is 93.1 Å². The topological polar surface area (TPSA) is 180 Å². The average molecular weight is 807 g/mol. The van der Waals surface area contributed by atoms with Crippen molar-refractivity contribution in [3.63, 3.8) is 0 Å². The first-order valence-corrected chi connectivity index (χ1v) is 21.4. The molecule has 4 unspecified atom stereocenters. The van der Waals surface area contributed by atoms with Gasteiger partial charge in [0.15, 0.2) is 9.84 Å². The predicted molar refractivity (Wildman–Crippen MR) is 176 cm³/mol. The van der Waals surface area contributed by atoms with Crippen LogP contribution < -0.4 is 42.5 Å². The number of Topliss-reactive ketones (excluding diaryl/α,β-unsaturated/α-hetero) is 1. The van der Waals surface area contributed by atoms with Gasteiger partial charge >= 0.3 is 242 Å². The van der Waals surface area contributed by atoms with Crippen molar-refractivity contribution in [2.45, 2.75) is 107 Å². The fourth-order valence-corrected chi connectivity index (χ4v) is 11.9. The summed E-state index contributed by atoms with van der Waals surface area (Å²) in [6, 6.07) is -2.60. The summed E-state index contributed by atoms with van der Waals surface area (Å²) in [4.78, 5) is 69.4. The van der Waals surface area contributed by atoms with Crippen LogP contribution in [-0.2, 0) is 33.8 Å². The molecule has 2 aliphatic carbocycles. The molecule has 4 rings (SSSR count). The van der Waals surface area contributed by atoms with E-state index in [0.29, 0.717) is 19.4 Å². The third kappa shape index (κ3) is 8.03. The second-order valence-corrected chi connectivity index (χ2v) is 20.5. The van der Waals surface area contributed by atoms with Crippen molar-refractivity contribution >= 4 is 39.4 Å². The number of hydrogen-bond donors (Lipinski definition) is 4. The van der Waals surface area contributed by atoms with E-state index in [1.807, 2.05) is 27.7 Å². The van der Waals surface area contributed by atoms with E-state index in [4.69, 9.17) is 4.74 Å². The Bertz CT molecular complexity index is 1390. The Labute approximate surface area is 295 Å². The zero-order chi connectivity index (χ0) is 35.7. The van der Waals surface area contributed by atoms with Gasteiger partial charge in [-0.2, -0.15) is 0 Å². The first kappa shape index (κ1) is 38.5. The van der Waals surface area contributed by atoms with Gasteiger partial charge in [-0.3, -0.25) is 0 Å². The van der Waals surface area contributed by atoms with E-state index >= 15 is 0 Å². The average Bonchev–Trinajstić information content (AvgIpc) is 3.33. The van der Waals surface area contributed by atoms with Crippen molar-refractivity contribution in [1.82, 2.24) is 26.2 Å². The Balaban J connectivity index is 1.55. The quantitative estimate of drug-likeness (QED) is 0.0570. The SMILES string of the molecule is C=CCNC(=O)C(=O)C(NC(=O)C1C2C(CN1C(=O)[C@@H](NC(=O)NC1([C@@H]3OCCS3(=O)=O)CCCCC1)C(C)(C)C)C2(C)C)[I-]CCC. The molecule has 4 N–H and O–H groups in total. The summed E-state index contributed by atoms with van der Waals surface area (Å²) in [6.07, 6.45) is 5.55. The predicted octanol–water partition coefficient (Wildman–Crippen LogP) is -1.53. The van der Waals surface area contributed by atoms with Gasteiger partial charge in [0, 0.05) is 0 Å². The minimum atomic E-state index is -3.57. The van der Waals surface area contributed by atoms with Crippen LogP contribution in [0.1, 0.15) is 80.1 Å². The number of alkyl halides is 2. The van der Waals surface area contributed by atoms with E-state index in [9.17, 15) is 32.4 Å². The molecule has 13 nitrogen and oxygen atoms in total.